The van der Waals surface area contributed by atoms with Crippen LogP contribution in [0.4, 0.5) is 0 Å². The molecule has 6 heteroatoms. The van der Waals surface area contributed by atoms with Gasteiger partial charge < -0.3 is 19.1 Å². The number of benzene rings is 1. The smallest absolute Gasteiger partial charge is 0.264 e. The van der Waals surface area contributed by atoms with Gasteiger partial charge in [-0.3, -0.25) is 4.79 Å². The van der Waals surface area contributed by atoms with E-state index in [1.807, 2.05) is 29.2 Å². The van der Waals surface area contributed by atoms with Crippen molar-refractivity contribution in [3.05, 3.63) is 29.1 Å². The molecule has 0 unspecified atom stereocenters. The first-order valence-electron chi connectivity index (χ1n) is 8.80. The standard InChI is InChI=1S/C20H25NO4S/c1-13-7-5-6-12-21(13)20(22)17-11-10-16(26-17)14-8-9-15(23-2)19(25-4)18(14)24-3/h8-11,13H,5-7,12H2,1-4H3/t13-/m0/s1. The number of methoxy groups -OCH3 is 3. The zero-order valence-electron chi connectivity index (χ0n) is 15.7. The molecule has 1 aliphatic rings. The number of carbonyl (C=O) groups excluding carboxylic acids is 1. The van der Waals surface area contributed by atoms with E-state index in [4.69, 9.17) is 14.2 Å². The number of likely N-dealkylation sites (tertiary alicyclic amines) is 1. The summed E-state index contributed by atoms with van der Waals surface area (Å²) < 4.78 is 16.4. The van der Waals surface area contributed by atoms with Crippen molar-refractivity contribution in [2.24, 2.45) is 0 Å². The highest BCUT2D eigenvalue weighted by Gasteiger charge is 2.26. The van der Waals surface area contributed by atoms with Gasteiger partial charge in [0.2, 0.25) is 5.75 Å². The van der Waals surface area contributed by atoms with E-state index in [1.54, 1.807) is 21.3 Å². The van der Waals surface area contributed by atoms with Crippen molar-refractivity contribution >= 4 is 17.2 Å². The van der Waals surface area contributed by atoms with Crippen molar-refractivity contribution in [3.8, 4) is 27.7 Å². The van der Waals surface area contributed by atoms with E-state index in [9.17, 15) is 4.79 Å². The molecule has 1 fully saturated rings. The van der Waals surface area contributed by atoms with E-state index < -0.39 is 0 Å². The molecule has 0 saturated carbocycles. The van der Waals surface area contributed by atoms with Gasteiger partial charge in [0.05, 0.1) is 26.2 Å². The Kier molecular flexibility index (Phi) is 5.71. The highest BCUT2D eigenvalue weighted by atomic mass is 32.1. The van der Waals surface area contributed by atoms with Crippen molar-refractivity contribution in [2.45, 2.75) is 32.2 Å². The van der Waals surface area contributed by atoms with Crippen molar-refractivity contribution < 1.29 is 19.0 Å². The van der Waals surface area contributed by atoms with Gasteiger partial charge in [0.1, 0.15) is 0 Å². The lowest BCUT2D eigenvalue weighted by Crippen LogP contribution is -2.41. The summed E-state index contributed by atoms with van der Waals surface area (Å²) in [5, 5.41) is 0. The summed E-state index contributed by atoms with van der Waals surface area (Å²) in [5.41, 5.74) is 0.890. The molecule has 1 aromatic heterocycles. The van der Waals surface area contributed by atoms with Crippen LogP contribution in [0.1, 0.15) is 35.9 Å². The molecule has 0 radical (unpaired) electrons. The second-order valence-corrected chi connectivity index (χ2v) is 7.47. The van der Waals surface area contributed by atoms with Crippen LogP contribution in [0, 0.1) is 0 Å². The average Bonchev–Trinajstić information content (AvgIpc) is 3.16. The molecule has 1 aliphatic heterocycles. The fourth-order valence-electron chi connectivity index (χ4n) is 3.43. The lowest BCUT2D eigenvalue weighted by molar-refractivity contribution is 0.0640. The van der Waals surface area contributed by atoms with Crippen LogP contribution in [-0.2, 0) is 0 Å². The summed E-state index contributed by atoms with van der Waals surface area (Å²) in [6.45, 7) is 2.97. The second-order valence-electron chi connectivity index (χ2n) is 6.39. The Morgan fingerprint density at radius 2 is 1.81 bits per heavy atom. The van der Waals surface area contributed by atoms with Crippen LogP contribution in [0.5, 0.6) is 17.2 Å². The number of hydrogen-bond donors (Lipinski definition) is 0. The molecule has 0 aliphatic carbocycles. The van der Waals surface area contributed by atoms with Crippen LogP contribution in [0.15, 0.2) is 24.3 Å². The van der Waals surface area contributed by atoms with Gasteiger partial charge >= 0.3 is 0 Å². The average molecular weight is 375 g/mol. The third-order valence-corrected chi connectivity index (χ3v) is 5.96. The first kappa shape index (κ1) is 18.6. The summed E-state index contributed by atoms with van der Waals surface area (Å²) in [7, 11) is 4.79. The van der Waals surface area contributed by atoms with Crippen LogP contribution in [0.2, 0.25) is 0 Å². The molecule has 0 N–H and O–H groups in total. The van der Waals surface area contributed by atoms with Crippen molar-refractivity contribution in [1.82, 2.24) is 4.90 Å². The van der Waals surface area contributed by atoms with E-state index in [2.05, 4.69) is 6.92 Å². The first-order valence-corrected chi connectivity index (χ1v) is 9.62. The molecule has 26 heavy (non-hydrogen) atoms. The van der Waals surface area contributed by atoms with E-state index in [1.165, 1.54) is 17.8 Å². The minimum absolute atomic E-state index is 0.118. The Morgan fingerprint density at radius 1 is 1.04 bits per heavy atom. The number of hydrogen-bond acceptors (Lipinski definition) is 5. The van der Waals surface area contributed by atoms with Crippen LogP contribution in [0.3, 0.4) is 0 Å². The van der Waals surface area contributed by atoms with Gasteiger partial charge in [0, 0.05) is 23.0 Å². The number of piperidine rings is 1. The normalized spacial score (nSPS) is 17.1. The van der Waals surface area contributed by atoms with Crippen molar-refractivity contribution in [1.29, 1.82) is 0 Å². The van der Waals surface area contributed by atoms with Gasteiger partial charge in [-0.2, -0.15) is 0 Å². The van der Waals surface area contributed by atoms with Gasteiger partial charge in [0.15, 0.2) is 11.5 Å². The minimum atomic E-state index is 0.118. The quantitative estimate of drug-likeness (QED) is 0.774. The first-order chi connectivity index (χ1) is 12.6. The highest BCUT2D eigenvalue weighted by Crippen LogP contribution is 2.46. The van der Waals surface area contributed by atoms with Gasteiger partial charge in [-0.15, -0.1) is 11.3 Å². The fraction of sp³-hybridized carbons (Fsp3) is 0.450. The highest BCUT2D eigenvalue weighted by molar-refractivity contribution is 7.17. The third kappa shape index (κ3) is 3.38. The monoisotopic (exact) mass is 375 g/mol. The number of nitrogens with zero attached hydrogens (tertiary/aromatic N) is 1. The maximum atomic E-state index is 12.9. The number of carbonyl (C=O) groups is 1. The van der Waals surface area contributed by atoms with Gasteiger partial charge in [-0.05, 0) is 50.5 Å². The summed E-state index contributed by atoms with van der Waals surface area (Å²) in [5.74, 6) is 1.90. The Balaban J connectivity index is 1.94. The maximum Gasteiger partial charge on any atom is 0.264 e. The molecular formula is C20H25NO4S. The van der Waals surface area contributed by atoms with Crippen LogP contribution in [0.25, 0.3) is 10.4 Å². The maximum absolute atomic E-state index is 12.9. The largest absolute Gasteiger partial charge is 0.493 e. The summed E-state index contributed by atoms with van der Waals surface area (Å²) >= 11 is 1.48. The number of ether oxygens (including phenoxy) is 3. The second kappa shape index (κ2) is 7.99. The fourth-order valence-corrected chi connectivity index (χ4v) is 4.42. The minimum Gasteiger partial charge on any atom is -0.493 e. The Labute approximate surface area is 158 Å². The number of rotatable bonds is 5. The molecular weight excluding hydrogens is 350 g/mol. The van der Waals surface area contributed by atoms with Crippen LogP contribution >= 0.6 is 11.3 Å². The molecule has 140 valence electrons. The summed E-state index contributed by atoms with van der Waals surface area (Å²) in [6, 6.07) is 7.96. The molecule has 3 rings (SSSR count). The molecule has 1 amide bonds. The van der Waals surface area contributed by atoms with E-state index >= 15 is 0 Å². The molecule has 5 nitrogen and oxygen atoms in total. The molecule has 2 heterocycles. The third-order valence-electron chi connectivity index (χ3n) is 4.85. The van der Waals surface area contributed by atoms with Crippen molar-refractivity contribution in [3.63, 3.8) is 0 Å². The molecule has 0 bridgehead atoms. The lowest BCUT2D eigenvalue weighted by atomic mass is 10.0. The Morgan fingerprint density at radius 3 is 2.46 bits per heavy atom. The zero-order chi connectivity index (χ0) is 18.7. The summed E-state index contributed by atoms with van der Waals surface area (Å²) in [6.07, 6.45) is 3.36. The van der Waals surface area contributed by atoms with Gasteiger partial charge in [-0.25, -0.2) is 0 Å². The van der Waals surface area contributed by atoms with E-state index in [-0.39, 0.29) is 5.91 Å². The Bertz CT molecular complexity index is 786. The van der Waals surface area contributed by atoms with Gasteiger partial charge in [-0.1, -0.05) is 0 Å². The zero-order valence-corrected chi connectivity index (χ0v) is 16.5. The molecule has 0 spiro atoms. The van der Waals surface area contributed by atoms with Crippen LogP contribution in [-0.4, -0.2) is 44.7 Å². The van der Waals surface area contributed by atoms with Gasteiger partial charge in [0.25, 0.3) is 5.91 Å². The lowest BCUT2D eigenvalue weighted by Gasteiger charge is -2.33. The van der Waals surface area contributed by atoms with Crippen LogP contribution < -0.4 is 14.2 Å². The molecule has 1 atom stereocenters. The number of thiophene rings is 1. The van der Waals surface area contributed by atoms with Crippen molar-refractivity contribution in [2.75, 3.05) is 27.9 Å². The predicted molar refractivity (Wildman–Crippen MR) is 104 cm³/mol. The molecule has 1 saturated heterocycles. The summed E-state index contributed by atoms with van der Waals surface area (Å²) in [4.78, 5) is 16.6. The molecule has 2 aromatic rings. The number of amides is 1. The van der Waals surface area contributed by atoms with E-state index in [0.29, 0.717) is 23.3 Å². The Hall–Kier alpha value is -2.21. The predicted octanol–water partition coefficient (Wildman–Crippen LogP) is 4.46. The van der Waals surface area contributed by atoms with E-state index in [0.717, 1.165) is 34.7 Å². The topological polar surface area (TPSA) is 48.0 Å². The SMILES string of the molecule is COc1ccc(-c2ccc(C(=O)N3CCCC[C@@H]3C)s2)c(OC)c1OC. The molecule has 1 aromatic carbocycles.